The van der Waals surface area contributed by atoms with Crippen LogP contribution in [0.15, 0.2) is 48.5 Å². The highest BCUT2D eigenvalue weighted by Crippen LogP contribution is 2.45. The molecule has 3 amide bonds. The molecule has 2 aliphatic rings. The molecule has 1 saturated carbocycles. The maximum Gasteiger partial charge on any atom is 0.330 e. The van der Waals surface area contributed by atoms with Crippen LogP contribution in [0.3, 0.4) is 0 Å². The summed E-state index contributed by atoms with van der Waals surface area (Å²) in [5.41, 5.74) is 8.16. The van der Waals surface area contributed by atoms with Gasteiger partial charge in [0.1, 0.15) is 11.8 Å². The summed E-state index contributed by atoms with van der Waals surface area (Å²) in [6, 6.07) is 12.4. The molecule has 4 rings (SSSR count). The Balaban J connectivity index is 1.56. The van der Waals surface area contributed by atoms with E-state index in [1.807, 2.05) is 50.2 Å². The van der Waals surface area contributed by atoms with E-state index in [2.05, 4.69) is 5.32 Å². The number of hydrogen-bond acceptors (Lipinski definition) is 8. The van der Waals surface area contributed by atoms with Crippen molar-refractivity contribution in [2.75, 3.05) is 13.2 Å². The molecule has 10 nitrogen and oxygen atoms in total. The number of carbonyl (C=O) groups is 4. The lowest BCUT2D eigenvalue weighted by atomic mass is 9.97. The topological polar surface area (TPSA) is 148 Å². The van der Waals surface area contributed by atoms with E-state index in [4.69, 9.17) is 15.2 Å². The average Bonchev–Trinajstić information content (AvgIpc) is 3.72. The van der Waals surface area contributed by atoms with Crippen LogP contribution in [0.5, 0.6) is 5.75 Å². The lowest BCUT2D eigenvalue weighted by Gasteiger charge is -2.34. The number of ether oxygens (including phenoxy) is 2. The van der Waals surface area contributed by atoms with Gasteiger partial charge in [0.25, 0.3) is 17.7 Å². The van der Waals surface area contributed by atoms with Gasteiger partial charge in [0.05, 0.1) is 12.6 Å². The van der Waals surface area contributed by atoms with E-state index in [0.29, 0.717) is 11.7 Å². The average molecular weight is 598 g/mol. The number of esters is 1. The summed E-state index contributed by atoms with van der Waals surface area (Å²) in [6.07, 6.45) is 0.236. The van der Waals surface area contributed by atoms with Crippen LogP contribution in [0.2, 0.25) is 0 Å². The standard InChI is InChI=1S/C31H39N3O7S/c1-18-9-8-10-19(2)25(18)40-17-23(35)33-22(15-20-11-6-5-7-12-20)24(36)28(38)34-26(30(39)41-16-21-13-14-21)31(3,4)42-29(34)27(32)37/h5-12,21-22,24,26,29,36H,13-17H2,1-4H3,(H2,32,37)(H,33,35)/t22-,24-,26?,29?/m0/s1. The number of amides is 3. The Bertz CT molecular complexity index is 1290. The smallest absolute Gasteiger partial charge is 0.330 e. The molecule has 1 aliphatic heterocycles. The van der Waals surface area contributed by atoms with Crippen molar-refractivity contribution in [1.82, 2.24) is 10.2 Å². The Morgan fingerprint density at radius 3 is 2.31 bits per heavy atom. The van der Waals surface area contributed by atoms with Crippen LogP contribution in [0.1, 0.15) is 43.4 Å². The minimum absolute atomic E-state index is 0.102. The van der Waals surface area contributed by atoms with E-state index in [1.165, 1.54) is 0 Å². The third-order valence-corrected chi connectivity index (χ3v) is 9.03. The Hall–Kier alpha value is -3.57. The third kappa shape index (κ3) is 7.43. The number of nitrogens with zero attached hydrogens (tertiary/aromatic N) is 1. The van der Waals surface area contributed by atoms with Crippen molar-refractivity contribution in [2.24, 2.45) is 11.7 Å². The molecule has 2 unspecified atom stereocenters. The molecule has 0 aromatic heterocycles. The highest BCUT2D eigenvalue weighted by atomic mass is 32.2. The number of aryl methyl sites for hydroxylation is 2. The second-order valence-electron chi connectivity index (χ2n) is 11.5. The van der Waals surface area contributed by atoms with Gasteiger partial charge >= 0.3 is 5.97 Å². The molecule has 2 aromatic rings. The zero-order valence-corrected chi connectivity index (χ0v) is 25.2. The fourth-order valence-electron chi connectivity index (χ4n) is 5.13. The number of aliphatic hydroxyl groups is 1. The third-order valence-electron chi connectivity index (χ3n) is 7.52. The van der Waals surface area contributed by atoms with Crippen LogP contribution in [-0.4, -0.2) is 75.2 Å². The van der Waals surface area contributed by atoms with E-state index in [1.54, 1.807) is 26.0 Å². The van der Waals surface area contributed by atoms with E-state index in [0.717, 1.165) is 46.2 Å². The Labute approximate surface area is 250 Å². The molecular formula is C31H39N3O7S. The first-order valence-corrected chi connectivity index (χ1v) is 14.9. The van der Waals surface area contributed by atoms with Crippen LogP contribution >= 0.6 is 11.8 Å². The fraction of sp³-hybridized carbons (Fsp3) is 0.484. The summed E-state index contributed by atoms with van der Waals surface area (Å²) < 4.78 is 10.4. The highest BCUT2D eigenvalue weighted by molar-refractivity contribution is 8.02. The van der Waals surface area contributed by atoms with E-state index in [9.17, 15) is 24.3 Å². The lowest BCUT2D eigenvalue weighted by molar-refractivity contribution is -0.161. The summed E-state index contributed by atoms with van der Waals surface area (Å²) in [7, 11) is 0. The van der Waals surface area contributed by atoms with Crippen molar-refractivity contribution in [3.8, 4) is 5.75 Å². The molecule has 1 heterocycles. The van der Waals surface area contributed by atoms with Crippen molar-refractivity contribution in [1.29, 1.82) is 0 Å². The van der Waals surface area contributed by atoms with Gasteiger partial charge in [-0.05, 0) is 69.6 Å². The summed E-state index contributed by atoms with van der Waals surface area (Å²) in [4.78, 5) is 53.8. The number of para-hydroxylation sites is 1. The van der Waals surface area contributed by atoms with Gasteiger partial charge in [-0.1, -0.05) is 48.5 Å². The number of carbonyl (C=O) groups excluding carboxylic acids is 4. The minimum atomic E-state index is -1.80. The number of primary amides is 1. The summed E-state index contributed by atoms with van der Waals surface area (Å²) in [5, 5.41) is 13.0. The van der Waals surface area contributed by atoms with Gasteiger partial charge < -0.3 is 30.5 Å². The second kappa shape index (κ2) is 13.2. The van der Waals surface area contributed by atoms with Gasteiger partial charge in [0.2, 0.25) is 0 Å². The van der Waals surface area contributed by atoms with Gasteiger partial charge in [-0.3, -0.25) is 14.4 Å². The van der Waals surface area contributed by atoms with Gasteiger partial charge in [0.15, 0.2) is 18.1 Å². The second-order valence-corrected chi connectivity index (χ2v) is 13.3. The molecule has 0 radical (unpaired) electrons. The summed E-state index contributed by atoms with van der Waals surface area (Å²) >= 11 is 1.07. The molecule has 1 aliphatic carbocycles. The molecule has 0 bridgehead atoms. The molecular weight excluding hydrogens is 558 g/mol. The number of benzene rings is 2. The highest BCUT2D eigenvalue weighted by Gasteiger charge is 2.57. The van der Waals surface area contributed by atoms with Crippen LogP contribution in [0.4, 0.5) is 0 Å². The Morgan fingerprint density at radius 1 is 1.07 bits per heavy atom. The quantitative estimate of drug-likeness (QED) is 0.316. The first kappa shape index (κ1) is 31.4. The normalized spacial score (nSPS) is 20.8. The van der Waals surface area contributed by atoms with Crippen molar-refractivity contribution in [2.45, 2.75) is 75.3 Å². The van der Waals surface area contributed by atoms with E-state index in [-0.39, 0.29) is 19.6 Å². The molecule has 4 atom stereocenters. The lowest BCUT2D eigenvalue weighted by Crippen LogP contribution is -2.60. The molecule has 2 fully saturated rings. The monoisotopic (exact) mass is 597 g/mol. The number of rotatable bonds is 12. The zero-order valence-electron chi connectivity index (χ0n) is 24.4. The summed E-state index contributed by atoms with van der Waals surface area (Å²) in [6.45, 7) is 7.09. The largest absolute Gasteiger partial charge is 0.483 e. The minimum Gasteiger partial charge on any atom is -0.483 e. The number of nitrogens with two attached hydrogens (primary N) is 1. The molecule has 42 heavy (non-hydrogen) atoms. The zero-order chi connectivity index (χ0) is 30.6. The molecule has 226 valence electrons. The Morgan fingerprint density at radius 2 is 1.71 bits per heavy atom. The van der Waals surface area contributed by atoms with Crippen LogP contribution < -0.4 is 15.8 Å². The van der Waals surface area contributed by atoms with Crippen molar-refractivity contribution >= 4 is 35.5 Å². The number of hydrogen-bond donors (Lipinski definition) is 3. The predicted molar refractivity (Wildman–Crippen MR) is 158 cm³/mol. The molecule has 0 spiro atoms. The maximum atomic E-state index is 14.0. The van der Waals surface area contributed by atoms with Crippen molar-refractivity contribution < 1.29 is 33.8 Å². The molecule has 4 N–H and O–H groups in total. The fourth-order valence-corrected chi connectivity index (χ4v) is 6.49. The van der Waals surface area contributed by atoms with E-state index >= 15 is 0 Å². The number of aliphatic hydroxyl groups excluding tert-OH is 1. The van der Waals surface area contributed by atoms with Gasteiger partial charge in [-0.2, -0.15) is 0 Å². The summed E-state index contributed by atoms with van der Waals surface area (Å²) in [5.74, 6) is -2.05. The molecule has 2 aromatic carbocycles. The predicted octanol–water partition coefficient (Wildman–Crippen LogP) is 2.26. The number of thioether (sulfide) groups is 1. The molecule has 1 saturated heterocycles. The van der Waals surface area contributed by atoms with Gasteiger partial charge in [0, 0.05) is 4.75 Å². The first-order chi connectivity index (χ1) is 19.9. The van der Waals surface area contributed by atoms with Crippen LogP contribution in [0.25, 0.3) is 0 Å². The number of nitrogens with one attached hydrogen (secondary N) is 1. The SMILES string of the molecule is Cc1cccc(C)c1OCC(=O)N[C@@H](Cc1ccccc1)[C@H](O)C(=O)N1C(C(N)=O)SC(C)(C)C1C(=O)OCC1CC1. The Kier molecular flexibility index (Phi) is 9.83. The first-order valence-electron chi connectivity index (χ1n) is 14.1. The van der Waals surface area contributed by atoms with Crippen LogP contribution in [-0.2, 0) is 30.3 Å². The maximum absolute atomic E-state index is 14.0. The van der Waals surface area contributed by atoms with Gasteiger partial charge in [-0.15, -0.1) is 11.8 Å². The van der Waals surface area contributed by atoms with Gasteiger partial charge in [-0.25, -0.2) is 4.79 Å². The van der Waals surface area contributed by atoms with E-state index < -0.39 is 52.0 Å². The van der Waals surface area contributed by atoms with Crippen molar-refractivity contribution in [3.05, 3.63) is 65.2 Å². The van der Waals surface area contributed by atoms with Crippen molar-refractivity contribution in [3.63, 3.8) is 0 Å². The van der Waals surface area contributed by atoms with Crippen LogP contribution in [0, 0.1) is 19.8 Å². The molecule has 11 heteroatoms.